The van der Waals surface area contributed by atoms with Crippen molar-refractivity contribution in [3.05, 3.63) is 18.3 Å². The van der Waals surface area contributed by atoms with Crippen molar-refractivity contribution in [2.75, 3.05) is 19.8 Å². The number of hydrogen-bond acceptors (Lipinski definition) is 5. The minimum absolute atomic E-state index is 0.105. The number of carboxylic acids is 1. The SMILES string of the molecule is CN(C)S(=O)(=O)c1ccc(SCC2(CC(=O)O)CC2)nc1. The van der Waals surface area contributed by atoms with E-state index >= 15 is 0 Å². The van der Waals surface area contributed by atoms with E-state index in [0.717, 1.165) is 17.1 Å². The van der Waals surface area contributed by atoms with Crippen molar-refractivity contribution < 1.29 is 18.3 Å². The van der Waals surface area contributed by atoms with E-state index in [1.807, 2.05) is 0 Å². The fourth-order valence-electron chi connectivity index (χ4n) is 1.91. The Hall–Kier alpha value is -1.12. The predicted octanol–water partition coefficient (Wildman–Crippen LogP) is 1.68. The van der Waals surface area contributed by atoms with E-state index in [1.165, 1.54) is 38.1 Å². The van der Waals surface area contributed by atoms with Gasteiger partial charge in [-0.15, -0.1) is 11.8 Å². The molecule has 0 aromatic carbocycles. The van der Waals surface area contributed by atoms with Crippen LogP contribution in [0.25, 0.3) is 0 Å². The van der Waals surface area contributed by atoms with E-state index in [9.17, 15) is 13.2 Å². The second kappa shape index (κ2) is 5.94. The molecule has 0 amide bonds. The molecule has 0 radical (unpaired) electrons. The van der Waals surface area contributed by atoms with Crippen LogP contribution in [0.4, 0.5) is 0 Å². The number of aromatic nitrogens is 1. The van der Waals surface area contributed by atoms with Gasteiger partial charge in [0, 0.05) is 26.0 Å². The topological polar surface area (TPSA) is 87.6 Å². The lowest BCUT2D eigenvalue weighted by molar-refractivity contribution is -0.138. The smallest absolute Gasteiger partial charge is 0.303 e. The molecule has 6 nitrogen and oxygen atoms in total. The molecule has 0 atom stereocenters. The molecule has 1 aliphatic rings. The summed E-state index contributed by atoms with van der Waals surface area (Å²) in [6, 6.07) is 3.19. The van der Waals surface area contributed by atoms with Gasteiger partial charge in [0.2, 0.25) is 10.0 Å². The van der Waals surface area contributed by atoms with E-state index in [0.29, 0.717) is 10.8 Å². The van der Waals surface area contributed by atoms with E-state index in [-0.39, 0.29) is 16.7 Å². The lowest BCUT2D eigenvalue weighted by Crippen LogP contribution is -2.22. The zero-order valence-corrected chi connectivity index (χ0v) is 13.6. The van der Waals surface area contributed by atoms with Gasteiger partial charge in [-0.05, 0) is 30.4 Å². The minimum atomic E-state index is -3.46. The van der Waals surface area contributed by atoms with E-state index in [1.54, 1.807) is 6.07 Å². The Bertz CT molecular complexity index is 622. The first-order valence-corrected chi connectivity index (χ1v) is 8.91. The summed E-state index contributed by atoms with van der Waals surface area (Å²) in [5.74, 6) is -0.0694. The molecule has 2 rings (SSSR count). The molecule has 0 saturated heterocycles. The summed E-state index contributed by atoms with van der Waals surface area (Å²) in [4.78, 5) is 15.1. The van der Waals surface area contributed by atoms with Gasteiger partial charge in [-0.2, -0.15) is 0 Å². The first-order chi connectivity index (χ1) is 9.75. The van der Waals surface area contributed by atoms with Gasteiger partial charge in [0.05, 0.1) is 11.4 Å². The van der Waals surface area contributed by atoms with Crippen molar-refractivity contribution >= 4 is 27.8 Å². The highest BCUT2D eigenvalue weighted by Gasteiger charge is 2.44. The molecule has 1 N–H and O–H groups in total. The third-order valence-corrected chi connectivity index (χ3v) is 6.59. The first-order valence-electron chi connectivity index (χ1n) is 6.48. The van der Waals surface area contributed by atoms with E-state index in [2.05, 4.69) is 4.98 Å². The summed E-state index contributed by atoms with van der Waals surface area (Å²) in [5, 5.41) is 9.58. The number of nitrogens with zero attached hydrogens (tertiary/aromatic N) is 2. The summed E-state index contributed by atoms with van der Waals surface area (Å²) in [6.45, 7) is 0. The average Bonchev–Trinajstić information content (AvgIpc) is 3.16. The van der Waals surface area contributed by atoms with Crippen LogP contribution in [0.3, 0.4) is 0 Å². The molecule has 1 heterocycles. The summed E-state index contributed by atoms with van der Waals surface area (Å²) in [7, 11) is -0.511. The van der Waals surface area contributed by atoms with Crippen molar-refractivity contribution in [1.29, 1.82) is 0 Å². The normalized spacial score (nSPS) is 16.9. The van der Waals surface area contributed by atoms with Crippen LogP contribution in [0.5, 0.6) is 0 Å². The van der Waals surface area contributed by atoms with Gasteiger partial charge in [-0.25, -0.2) is 17.7 Å². The Morgan fingerprint density at radius 1 is 1.43 bits per heavy atom. The van der Waals surface area contributed by atoms with E-state index in [4.69, 9.17) is 5.11 Å². The minimum Gasteiger partial charge on any atom is -0.481 e. The Kier molecular flexibility index (Phi) is 4.60. The first kappa shape index (κ1) is 16.3. The molecule has 1 aromatic heterocycles. The standard InChI is InChI=1S/C13H18N2O4S2/c1-15(2)21(18,19)10-3-4-11(14-8-10)20-9-13(5-6-13)7-12(16)17/h3-4,8H,5-7,9H2,1-2H3,(H,16,17). The molecule has 1 fully saturated rings. The van der Waals surface area contributed by atoms with Crippen LogP contribution < -0.4 is 0 Å². The van der Waals surface area contributed by atoms with Gasteiger partial charge in [0.25, 0.3) is 0 Å². The lowest BCUT2D eigenvalue weighted by atomic mass is 10.1. The largest absolute Gasteiger partial charge is 0.481 e. The predicted molar refractivity (Wildman–Crippen MR) is 79.8 cm³/mol. The van der Waals surface area contributed by atoms with Crippen molar-refractivity contribution in [3.63, 3.8) is 0 Å². The molecule has 1 aromatic rings. The molecule has 1 saturated carbocycles. The maximum absolute atomic E-state index is 11.9. The molecule has 116 valence electrons. The van der Waals surface area contributed by atoms with Crippen molar-refractivity contribution in [2.45, 2.75) is 29.2 Å². The van der Waals surface area contributed by atoms with Gasteiger partial charge in [0.15, 0.2) is 0 Å². The van der Waals surface area contributed by atoms with Crippen LogP contribution in [0.15, 0.2) is 28.3 Å². The van der Waals surface area contributed by atoms with Gasteiger partial charge >= 0.3 is 5.97 Å². The van der Waals surface area contributed by atoms with Crippen LogP contribution in [0, 0.1) is 5.41 Å². The van der Waals surface area contributed by atoms with Crippen LogP contribution in [0.1, 0.15) is 19.3 Å². The van der Waals surface area contributed by atoms with Gasteiger partial charge in [-0.3, -0.25) is 4.79 Å². The van der Waals surface area contributed by atoms with Crippen LogP contribution in [-0.4, -0.2) is 48.6 Å². The summed E-state index contributed by atoms with van der Waals surface area (Å²) >= 11 is 1.48. The fourth-order valence-corrected chi connectivity index (χ4v) is 3.90. The highest BCUT2D eigenvalue weighted by atomic mass is 32.2. The molecular formula is C13H18N2O4S2. The summed E-state index contributed by atoms with van der Waals surface area (Å²) in [5.41, 5.74) is -0.105. The van der Waals surface area contributed by atoms with Gasteiger partial charge in [0.1, 0.15) is 4.90 Å². The number of carbonyl (C=O) groups is 1. The quantitative estimate of drug-likeness (QED) is 0.765. The third-order valence-electron chi connectivity index (χ3n) is 3.50. The molecule has 0 bridgehead atoms. The highest BCUT2D eigenvalue weighted by molar-refractivity contribution is 7.99. The lowest BCUT2D eigenvalue weighted by Gasteiger charge is -2.13. The van der Waals surface area contributed by atoms with Gasteiger partial charge < -0.3 is 5.11 Å². The maximum Gasteiger partial charge on any atom is 0.303 e. The number of thioether (sulfide) groups is 1. The summed E-state index contributed by atoms with van der Waals surface area (Å²) < 4.78 is 25.0. The Morgan fingerprint density at radius 2 is 2.10 bits per heavy atom. The van der Waals surface area contributed by atoms with E-state index < -0.39 is 16.0 Å². The van der Waals surface area contributed by atoms with Crippen molar-refractivity contribution in [1.82, 2.24) is 9.29 Å². The molecular weight excluding hydrogens is 312 g/mol. The number of sulfonamides is 1. The number of carboxylic acid groups (broad SMARTS) is 1. The Balaban J connectivity index is 1.99. The molecule has 0 spiro atoms. The number of rotatable bonds is 7. The van der Waals surface area contributed by atoms with Crippen LogP contribution in [0.2, 0.25) is 0 Å². The van der Waals surface area contributed by atoms with Crippen molar-refractivity contribution in [2.24, 2.45) is 5.41 Å². The molecule has 0 aliphatic heterocycles. The average molecular weight is 330 g/mol. The summed E-state index contributed by atoms with van der Waals surface area (Å²) in [6.07, 6.45) is 3.39. The molecule has 0 unspecified atom stereocenters. The number of aliphatic carboxylic acids is 1. The maximum atomic E-state index is 11.9. The van der Waals surface area contributed by atoms with Crippen LogP contribution in [-0.2, 0) is 14.8 Å². The van der Waals surface area contributed by atoms with Gasteiger partial charge in [-0.1, -0.05) is 0 Å². The Morgan fingerprint density at radius 3 is 2.52 bits per heavy atom. The number of hydrogen-bond donors (Lipinski definition) is 1. The second-order valence-electron chi connectivity index (χ2n) is 5.48. The fraction of sp³-hybridized carbons (Fsp3) is 0.538. The molecule has 21 heavy (non-hydrogen) atoms. The van der Waals surface area contributed by atoms with Crippen LogP contribution >= 0.6 is 11.8 Å². The van der Waals surface area contributed by atoms with Crippen molar-refractivity contribution in [3.8, 4) is 0 Å². The highest BCUT2D eigenvalue weighted by Crippen LogP contribution is 2.51. The Labute approximate surface area is 128 Å². The third kappa shape index (κ3) is 3.96. The second-order valence-corrected chi connectivity index (χ2v) is 8.63. The molecule has 1 aliphatic carbocycles. The monoisotopic (exact) mass is 330 g/mol. The molecule has 8 heteroatoms. The zero-order valence-electron chi connectivity index (χ0n) is 11.9. The zero-order chi connectivity index (χ0) is 15.7. The number of pyridine rings is 1.